The summed E-state index contributed by atoms with van der Waals surface area (Å²) < 4.78 is 10.1. The molecule has 0 fully saturated rings. The van der Waals surface area contributed by atoms with Gasteiger partial charge in [0.05, 0.1) is 6.10 Å². The van der Waals surface area contributed by atoms with E-state index in [1.807, 2.05) is 18.2 Å². The van der Waals surface area contributed by atoms with E-state index in [1.54, 1.807) is 12.2 Å². The number of aliphatic hydroxyl groups is 2. The van der Waals surface area contributed by atoms with Gasteiger partial charge in [-0.3, -0.25) is 14.4 Å². The molecule has 0 saturated heterocycles. The molecule has 0 heterocycles. The third-order valence-electron chi connectivity index (χ3n) is 6.56. The molecule has 0 aromatic heterocycles. The Morgan fingerprint density at radius 1 is 0.795 bits per heavy atom. The Hall–Kier alpha value is -2.40. The first-order valence-corrected chi connectivity index (χ1v) is 17.2. The molecule has 0 unspecified atom stereocenters. The van der Waals surface area contributed by atoms with Gasteiger partial charge >= 0.3 is 17.9 Å². The number of nitrogens with two attached hydrogens (primary N) is 1. The lowest BCUT2D eigenvalue weighted by atomic mass is 10.1. The molecule has 44 heavy (non-hydrogen) atoms. The van der Waals surface area contributed by atoms with Crippen LogP contribution in [0.4, 0.5) is 0 Å². The largest absolute Gasteiger partial charge is 0.481 e. The number of carbonyl (C=O) groups excluding carboxylic acids is 2. The molecule has 0 amide bonds. The zero-order valence-corrected chi connectivity index (χ0v) is 27.6. The van der Waals surface area contributed by atoms with Gasteiger partial charge in [-0.25, -0.2) is 0 Å². The molecule has 4 atom stereocenters. The molecule has 0 saturated carbocycles. The molecule has 0 aliphatic heterocycles. The first-order valence-electron chi connectivity index (χ1n) is 16.1. The summed E-state index contributed by atoms with van der Waals surface area (Å²) in [5.74, 6) is -1.89. The molecule has 0 aliphatic rings. The minimum atomic E-state index is -1.16. The Kier molecular flexibility index (Phi) is 27.7. The van der Waals surface area contributed by atoms with E-state index >= 15 is 0 Å². The van der Waals surface area contributed by atoms with Crippen molar-refractivity contribution in [2.45, 2.75) is 127 Å². The summed E-state index contributed by atoms with van der Waals surface area (Å²) in [6.45, 7) is 3.69. The number of carboxylic acids is 1. The maximum Gasteiger partial charge on any atom is 0.323 e. The summed E-state index contributed by atoms with van der Waals surface area (Å²) in [5.41, 5.74) is 6.00. The second kappa shape index (κ2) is 29.3. The van der Waals surface area contributed by atoms with Crippen LogP contribution in [0, 0.1) is 0 Å². The van der Waals surface area contributed by atoms with Crippen LogP contribution in [0.5, 0.6) is 0 Å². The molecule has 0 spiro atoms. The van der Waals surface area contributed by atoms with E-state index in [4.69, 9.17) is 20.3 Å². The highest BCUT2D eigenvalue weighted by Gasteiger charge is 2.22. The van der Waals surface area contributed by atoms with Gasteiger partial charge in [-0.15, -0.1) is 11.8 Å². The van der Waals surface area contributed by atoms with Crippen molar-refractivity contribution < 1.29 is 39.2 Å². The number of hydrogen-bond acceptors (Lipinski definition) is 9. The Morgan fingerprint density at radius 2 is 1.48 bits per heavy atom. The standard InChI is InChI=1S/C34H57NO8S/c1-3-5-7-9-10-11-12-13-14-15-17-18-22-31(30(37)21-20-23-32(38)39)44-27-29(35)34(41)43-26-28(36)25-42-33(40)24-19-16-8-6-4-2/h10-11,13-15,17-18,22,28-31,36-37H,3-9,12,16,19-21,23-27,35H2,1-2H3,(H,38,39)/b11-10-,14-13-,17-15+,22-18+/t28-,29-,30-,31+/m0/s1. The Morgan fingerprint density at radius 3 is 2.20 bits per heavy atom. The summed E-state index contributed by atoms with van der Waals surface area (Å²) in [6, 6.07) is -1.01. The molecule has 5 N–H and O–H groups in total. The van der Waals surface area contributed by atoms with Crippen molar-refractivity contribution in [3.63, 3.8) is 0 Å². The Bertz CT molecular complexity index is 873. The highest BCUT2D eigenvalue weighted by Crippen LogP contribution is 2.21. The third kappa shape index (κ3) is 26.0. The molecule has 0 aromatic rings. The number of allylic oxidation sites excluding steroid dienone is 7. The predicted molar refractivity (Wildman–Crippen MR) is 178 cm³/mol. The van der Waals surface area contributed by atoms with E-state index in [2.05, 4.69) is 32.1 Å². The average Bonchev–Trinajstić information content (AvgIpc) is 3.00. The van der Waals surface area contributed by atoms with Gasteiger partial charge in [-0.2, -0.15) is 0 Å². The maximum atomic E-state index is 12.4. The summed E-state index contributed by atoms with van der Waals surface area (Å²) in [4.78, 5) is 35.0. The van der Waals surface area contributed by atoms with Crippen LogP contribution < -0.4 is 5.73 Å². The van der Waals surface area contributed by atoms with Crippen LogP contribution in [-0.2, 0) is 23.9 Å². The number of carboxylic acid groups (broad SMARTS) is 1. The van der Waals surface area contributed by atoms with Crippen LogP contribution in [0.3, 0.4) is 0 Å². The minimum absolute atomic E-state index is 0.0433. The number of rotatable bonds is 28. The van der Waals surface area contributed by atoms with E-state index in [0.717, 1.165) is 44.9 Å². The normalized spacial score (nSPS) is 14.8. The van der Waals surface area contributed by atoms with Crippen LogP contribution in [0.2, 0.25) is 0 Å². The highest BCUT2D eigenvalue weighted by atomic mass is 32.2. The molecule has 0 bridgehead atoms. The van der Waals surface area contributed by atoms with Crippen LogP contribution in [0.25, 0.3) is 0 Å². The molecule has 0 radical (unpaired) electrons. The van der Waals surface area contributed by atoms with Crippen molar-refractivity contribution in [1.82, 2.24) is 0 Å². The highest BCUT2D eigenvalue weighted by molar-refractivity contribution is 8.00. The summed E-state index contributed by atoms with van der Waals surface area (Å²) >= 11 is 1.27. The number of unbranched alkanes of at least 4 members (excludes halogenated alkanes) is 7. The van der Waals surface area contributed by atoms with Crippen LogP contribution in [0.15, 0.2) is 48.6 Å². The maximum absolute atomic E-state index is 12.4. The number of aliphatic hydroxyl groups excluding tert-OH is 2. The fourth-order valence-electron chi connectivity index (χ4n) is 3.94. The molecule has 252 valence electrons. The molecule has 0 aromatic carbocycles. The molecule has 0 aliphatic carbocycles. The number of esters is 2. The van der Waals surface area contributed by atoms with Crippen molar-refractivity contribution in [3.05, 3.63) is 48.6 Å². The van der Waals surface area contributed by atoms with Gasteiger partial charge in [0.1, 0.15) is 25.4 Å². The second-order valence-electron chi connectivity index (χ2n) is 10.8. The van der Waals surface area contributed by atoms with Crippen molar-refractivity contribution in [2.75, 3.05) is 19.0 Å². The molecular weight excluding hydrogens is 582 g/mol. The molecule has 0 rings (SSSR count). The summed E-state index contributed by atoms with van der Waals surface area (Å²) in [6.07, 6.45) is 25.2. The Labute approximate surface area is 269 Å². The molecule has 10 heteroatoms. The monoisotopic (exact) mass is 639 g/mol. The predicted octanol–water partition coefficient (Wildman–Crippen LogP) is 6.03. The van der Waals surface area contributed by atoms with Crippen LogP contribution in [-0.4, -0.2) is 75.7 Å². The zero-order chi connectivity index (χ0) is 32.8. The molecule has 9 nitrogen and oxygen atoms in total. The third-order valence-corrected chi connectivity index (χ3v) is 7.97. The number of hydrogen-bond donors (Lipinski definition) is 4. The zero-order valence-electron chi connectivity index (χ0n) is 26.8. The quantitative estimate of drug-likeness (QED) is 0.0345. The summed E-state index contributed by atoms with van der Waals surface area (Å²) in [7, 11) is 0. The van der Waals surface area contributed by atoms with Gasteiger partial charge < -0.3 is 30.5 Å². The van der Waals surface area contributed by atoms with E-state index in [0.29, 0.717) is 12.8 Å². The lowest BCUT2D eigenvalue weighted by Crippen LogP contribution is -2.38. The number of carbonyl (C=O) groups is 3. The van der Waals surface area contributed by atoms with Gasteiger partial charge in [0, 0.05) is 23.8 Å². The smallest absolute Gasteiger partial charge is 0.323 e. The lowest BCUT2D eigenvalue weighted by Gasteiger charge is -2.21. The molecular formula is C34H57NO8S. The topological polar surface area (TPSA) is 156 Å². The minimum Gasteiger partial charge on any atom is -0.481 e. The average molecular weight is 640 g/mol. The van der Waals surface area contributed by atoms with Crippen LogP contribution >= 0.6 is 11.8 Å². The van der Waals surface area contributed by atoms with E-state index < -0.39 is 41.4 Å². The number of thioether (sulfide) groups is 1. The van der Waals surface area contributed by atoms with E-state index in [9.17, 15) is 24.6 Å². The van der Waals surface area contributed by atoms with Crippen molar-refractivity contribution in [1.29, 1.82) is 0 Å². The van der Waals surface area contributed by atoms with E-state index in [-0.39, 0.29) is 31.8 Å². The first-order chi connectivity index (χ1) is 21.2. The van der Waals surface area contributed by atoms with Crippen molar-refractivity contribution in [3.8, 4) is 0 Å². The SMILES string of the molecule is CCCCC/C=C\C\C=C/C=C/C=C/[C@@H](SC[C@H](N)C(=O)OC[C@@H](O)COC(=O)CCCCCCC)[C@@H](O)CCCC(=O)O. The van der Waals surface area contributed by atoms with Crippen LogP contribution in [0.1, 0.15) is 104 Å². The first kappa shape index (κ1) is 41.6. The number of ether oxygens (including phenoxy) is 2. The van der Waals surface area contributed by atoms with Gasteiger partial charge in [-0.1, -0.05) is 101 Å². The van der Waals surface area contributed by atoms with Gasteiger partial charge in [0.25, 0.3) is 0 Å². The fraction of sp³-hybridized carbons (Fsp3) is 0.676. The Balaban J connectivity index is 4.66. The fourth-order valence-corrected chi connectivity index (χ4v) is 5.06. The van der Waals surface area contributed by atoms with E-state index in [1.165, 1.54) is 31.0 Å². The van der Waals surface area contributed by atoms with Crippen molar-refractivity contribution in [2.24, 2.45) is 5.73 Å². The van der Waals surface area contributed by atoms with Gasteiger partial charge in [0.15, 0.2) is 0 Å². The second-order valence-corrected chi connectivity index (χ2v) is 12.0. The summed E-state index contributed by atoms with van der Waals surface area (Å²) in [5, 5.41) is 29.2. The lowest BCUT2D eigenvalue weighted by molar-refractivity contribution is -0.153. The number of aliphatic carboxylic acids is 1. The van der Waals surface area contributed by atoms with Crippen molar-refractivity contribution >= 4 is 29.7 Å². The van der Waals surface area contributed by atoms with Gasteiger partial charge in [0.2, 0.25) is 0 Å². The van der Waals surface area contributed by atoms with Gasteiger partial charge in [-0.05, 0) is 38.5 Å².